The summed E-state index contributed by atoms with van der Waals surface area (Å²) in [4.78, 5) is 3.94. The fraction of sp³-hybridized carbons (Fsp3) is 0. The monoisotopic (exact) mass is 264 g/mol. The minimum Gasteiger partial charge on any atom is -0.396 e. The standard InChI is InChI=1S/C10H6F2N6O/c11-5-2-6(12)7(13)1-4(5)10-15-9(17-19-10)8-3-14-18-16-8/h1-3H,13H2,(H,14,16,18). The number of aromatic amines is 1. The zero-order valence-electron chi connectivity index (χ0n) is 9.26. The molecule has 0 aliphatic carbocycles. The van der Waals surface area contributed by atoms with Gasteiger partial charge in [0.25, 0.3) is 5.89 Å². The van der Waals surface area contributed by atoms with E-state index in [9.17, 15) is 8.78 Å². The van der Waals surface area contributed by atoms with Crippen molar-refractivity contribution in [3.63, 3.8) is 0 Å². The molecule has 0 fully saturated rings. The quantitative estimate of drug-likeness (QED) is 0.677. The van der Waals surface area contributed by atoms with Crippen LogP contribution in [-0.2, 0) is 0 Å². The predicted octanol–water partition coefficient (Wildman–Crippen LogP) is 1.38. The Morgan fingerprint density at radius 1 is 1.21 bits per heavy atom. The summed E-state index contributed by atoms with van der Waals surface area (Å²) >= 11 is 0. The summed E-state index contributed by atoms with van der Waals surface area (Å²) in [6, 6.07) is 1.75. The number of rotatable bonds is 2. The van der Waals surface area contributed by atoms with E-state index >= 15 is 0 Å². The zero-order valence-corrected chi connectivity index (χ0v) is 9.26. The van der Waals surface area contributed by atoms with E-state index in [1.807, 2.05) is 0 Å². The summed E-state index contributed by atoms with van der Waals surface area (Å²) in [6.07, 6.45) is 1.38. The van der Waals surface area contributed by atoms with Gasteiger partial charge in [0.05, 0.1) is 17.4 Å². The molecule has 96 valence electrons. The van der Waals surface area contributed by atoms with Crippen molar-refractivity contribution in [1.29, 1.82) is 0 Å². The van der Waals surface area contributed by atoms with E-state index in [0.717, 1.165) is 6.07 Å². The maximum atomic E-state index is 13.6. The molecule has 0 saturated carbocycles. The lowest BCUT2D eigenvalue weighted by Crippen LogP contribution is -1.94. The SMILES string of the molecule is Nc1cc(-c2nc(-c3cn[nH]n3)no2)c(F)cc1F. The number of nitrogens with zero attached hydrogens (tertiary/aromatic N) is 4. The molecule has 2 aromatic heterocycles. The molecule has 0 radical (unpaired) electrons. The molecule has 0 spiro atoms. The highest BCUT2D eigenvalue weighted by molar-refractivity contribution is 5.62. The molecule has 0 saturated heterocycles. The third-order valence-electron chi connectivity index (χ3n) is 2.39. The lowest BCUT2D eigenvalue weighted by molar-refractivity contribution is 0.429. The number of hydrogen-bond donors (Lipinski definition) is 2. The minimum atomic E-state index is -0.850. The van der Waals surface area contributed by atoms with Crippen molar-refractivity contribution in [2.45, 2.75) is 0 Å². The second-order valence-electron chi connectivity index (χ2n) is 3.63. The Kier molecular flexibility index (Phi) is 2.44. The predicted molar refractivity (Wildman–Crippen MR) is 59.4 cm³/mol. The van der Waals surface area contributed by atoms with Gasteiger partial charge in [-0.15, -0.1) is 0 Å². The van der Waals surface area contributed by atoms with Crippen LogP contribution >= 0.6 is 0 Å². The van der Waals surface area contributed by atoms with Crippen molar-refractivity contribution in [3.8, 4) is 23.0 Å². The van der Waals surface area contributed by atoms with Crippen molar-refractivity contribution in [1.82, 2.24) is 25.6 Å². The van der Waals surface area contributed by atoms with Gasteiger partial charge in [0, 0.05) is 6.07 Å². The number of nitrogen functional groups attached to an aromatic ring is 1. The Labute approximate surface area is 104 Å². The third-order valence-corrected chi connectivity index (χ3v) is 2.39. The normalized spacial score (nSPS) is 10.8. The van der Waals surface area contributed by atoms with Gasteiger partial charge in [-0.2, -0.15) is 20.4 Å². The van der Waals surface area contributed by atoms with Crippen LogP contribution in [0.25, 0.3) is 23.0 Å². The number of H-pyrrole nitrogens is 1. The number of aromatic nitrogens is 5. The summed E-state index contributed by atoms with van der Waals surface area (Å²) in [5.41, 5.74) is 5.41. The molecule has 1 aromatic carbocycles. The molecule has 9 heteroatoms. The first-order chi connectivity index (χ1) is 9.15. The molecule has 7 nitrogen and oxygen atoms in total. The fourth-order valence-corrected chi connectivity index (χ4v) is 1.48. The highest BCUT2D eigenvalue weighted by atomic mass is 19.1. The van der Waals surface area contributed by atoms with Crippen molar-refractivity contribution in [2.75, 3.05) is 5.73 Å². The van der Waals surface area contributed by atoms with E-state index in [4.69, 9.17) is 10.3 Å². The Morgan fingerprint density at radius 2 is 2.05 bits per heavy atom. The number of nitrogens with one attached hydrogen (secondary N) is 1. The molecular formula is C10H6F2N6O. The number of halogens is 2. The molecule has 3 N–H and O–H groups in total. The van der Waals surface area contributed by atoms with Gasteiger partial charge in [0.15, 0.2) is 5.69 Å². The van der Waals surface area contributed by atoms with Crippen LogP contribution in [0.5, 0.6) is 0 Å². The molecule has 3 rings (SSSR count). The molecule has 0 aliphatic heterocycles. The van der Waals surface area contributed by atoms with Crippen LogP contribution in [0.4, 0.5) is 14.5 Å². The van der Waals surface area contributed by atoms with Crippen LogP contribution in [0, 0.1) is 11.6 Å². The van der Waals surface area contributed by atoms with E-state index in [1.54, 1.807) is 0 Å². The van der Waals surface area contributed by atoms with E-state index in [2.05, 4.69) is 25.6 Å². The summed E-state index contributed by atoms with van der Waals surface area (Å²) in [6.45, 7) is 0. The van der Waals surface area contributed by atoms with Gasteiger partial charge in [-0.05, 0) is 6.07 Å². The van der Waals surface area contributed by atoms with Crippen LogP contribution in [0.15, 0.2) is 22.9 Å². The first-order valence-electron chi connectivity index (χ1n) is 5.10. The molecule has 0 atom stereocenters. The van der Waals surface area contributed by atoms with Gasteiger partial charge in [-0.25, -0.2) is 8.78 Å². The third kappa shape index (κ3) is 1.90. The molecule has 2 heterocycles. The maximum Gasteiger partial charge on any atom is 0.261 e. The second kappa shape index (κ2) is 4.12. The number of benzene rings is 1. The Bertz CT molecular complexity index is 724. The van der Waals surface area contributed by atoms with E-state index in [0.29, 0.717) is 11.8 Å². The van der Waals surface area contributed by atoms with Crippen molar-refractivity contribution < 1.29 is 13.3 Å². The number of hydrogen-bond acceptors (Lipinski definition) is 6. The highest BCUT2D eigenvalue weighted by Crippen LogP contribution is 2.26. The molecule has 3 aromatic rings. The summed E-state index contributed by atoms with van der Waals surface area (Å²) in [7, 11) is 0. The Balaban J connectivity index is 2.06. The Morgan fingerprint density at radius 3 is 2.79 bits per heavy atom. The minimum absolute atomic E-state index is 0.0823. The van der Waals surface area contributed by atoms with Gasteiger partial charge >= 0.3 is 0 Å². The maximum absolute atomic E-state index is 13.6. The average Bonchev–Trinajstić information content (AvgIpc) is 3.03. The Hall–Kier alpha value is -2.84. The fourth-order valence-electron chi connectivity index (χ4n) is 1.48. The smallest absolute Gasteiger partial charge is 0.261 e. The van der Waals surface area contributed by atoms with Crippen LogP contribution in [0.1, 0.15) is 0 Å². The van der Waals surface area contributed by atoms with Crippen molar-refractivity contribution in [2.24, 2.45) is 0 Å². The molecule has 19 heavy (non-hydrogen) atoms. The number of nitrogens with two attached hydrogens (primary N) is 1. The summed E-state index contributed by atoms with van der Waals surface area (Å²) < 4.78 is 31.5. The van der Waals surface area contributed by atoms with Crippen LogP contribution in [0.2, 0.25) is 0 Å². The van der Waals surface area contributed by atoms with Gasteiger partial charge in [-0.3, -0.25) is 0 Å². The first-order valence-corrected chi connectivity index (χ1v) is 5.10. The van der Waals surface area contributed by atoms with E-state index in [-0.39, 0.29) is 23.0 Å². The van der Waals surface area contributed by atoms with Gasteiger partial charge in [0.2, 0.25) is 5.82 Å². The summed E-state index contributed by atoms with van der Waals surface area (Å²) in [5, 5.41) is 13.3. The van der Waals surface area contributed by atoms with Gasteiger partial charge < -0.3 is 10.3 Å². The van der Waals surface area contributed by atoms with Gasteiger partial charge in [0.1, 0.15) is 11.6 Å². The molecule has 0 aliphatic rings. The van der Waals surface area contributed by atoms with E-state index in [1.165, 1.54) is 6.20 Å². The van der Waals surface area contributed by atoms with Crippen molar-refractivity contribution >= 4 is 5.69 Å². The highest BCUT2D eigenvalue weighted by Gasteiger charge is 2.17. The molecule has 0 unspecified atom stereocenters. The van der Waals surface area contributed by atoms with Crippen LogP contribution in [0.3, 0.4) is 0 Å². The van der Waals surface area contributed by atoms with Gasteiger partial charge in [-0.1, -0.05) is 5.16 Å². The zero-order chi connectivity index (χ0) is 13.4. The number of anilines is 1. The molecule has 0 bridgehead atoms. The molecular weight excluding hydrogens is 258 g/mol. The first kappa shape index (κ1) is 11.3. The largest absolute Gasteiger partial charge is 0.396 e. The van der Waals surface area contributed by atoms with Crippen LogP contribution in [-0.4, -0.2) is 25.6 Å². The van der Waals surface area contributed by atoms with E-state index < -0.39 is 11.6 Å². The second-order valence-corrected chi connectivity index (χ2v) is 3.63. The lowest BCUT2D eigenvalue weighted by atomic mass is 10.2. The lowest BCUT2D eigenvalue weighted by Gasteiger charge is -2.00. The average molecular weight is 264 g/mol. The van der Waals surface area contributed by atoms with Crippen LogP contribution < -0.4 is 5.73 Å². The molecule has 0 amide bonds. The topological polar surface area (TPSA) is 107 Å². The summed E-state index contributed by atoms with van der Waals surface area (Å²) in [5.74, 6) is -1.69. The van der Waals surface area contributed by atoms with Crippen molar-refractivity contribution in [3.05, 3.63) is 30.0 Å².